The Morgan fingerprint density at radius 1 is 1.26 bits per heavy atom. The van der Waals surface area contributed by atoms with Crippen LogP contribution in [0.2, 0.25) is 0 Å². The van der Waals surface area contributed by atoms with Crippen LogP contribution in [0.3, 0.4) is 0 Å². The molecule has 0 atom stereocenters. The molecular formula is C20H23FOS. The minimum Gasteiger partial charge on any atom is -0.471 e. The van der Waals surface area contributed by atoms with E-state index < -0.39 is 0 Å². The molecule has 0 bridgehead atoms. The largest absolute Gasteiger partial charge is 0.471 e. The standard InChI is InChI=1S/C18H17FOS.C2H6/c1-4-6-13(7-5-2)15-11-20-12-16(15)14-8-9-18(21-3)17(19)10-14;1-2/h4-12H,1H2,2-3H3;1-2H3/b7-5-,13-6+;. The van der Waals surface area contributed by atoms with Crippen LogP contribution in [0.15, 0.2) is 70.9 Å². The van der Waals surface area contributed by atoms with E-state index in [1.807, 2.05) is 51.3 Å². The van der Waals surface area contributed by atoms with Crippen molar-refractivity contribution < 1.29 is 8.81 Å². The summed E-state index contributed by atoms with van der Waals surface area (Å²) in [5.74, 6) is -0.215. The molecule has 0 saturated carbocycles. The van der Waals surface area contributed by atoms with E-state index in [-0.39, 0.29) is 5.82 Å². The van der Waals surface area contributed by atoms with Gasteiger partial charge in [0, 0.05) is 16.0 Å². The molecule has 0 saturated heterocycles. The van der Waals surface area contributed by atoms with Gasteiger partial charge in [0.15, 0.2) is 0 Å². The van der Waals surface area contributed by atoms with Gasteiger partial charge in [-0.05, 0) is 36.4 Å². The van der Waals surface area contributed by atoms with Crippen molar-refractivity contribution in [2.45, 2.75) is 25.7 Å². The number of allylic oxidation sites excluding steroid dienone is 5. The van der Waals surface area contributed by atoms with Gasteiger partial charge in [-0.25, -0.2) is 4.39 Å². The summed E-state index contributed by atoms with van der Waals surface area (Å²) in [6.07, 6.45) is 12.7. The van der Waals surface area contributed by atoms with E-state index >= 15 is 0 Å². The third kappa shape index (κ3) is 4.73. The van der Waals surface area contributed by atoms with Crippen molar-refractivity contribution in [3.8, 4) is 11.1 Å². The first-order valence-corrected chi connectivity index (χ1v) is 8.79. The van der Waals surface area contributed by atoms with Crippen LogP contribution in [0.4, 0.5) is 4.39 Å². The van der Waals surface area contributed by atoms with E-state index in [2.05, 4.69) is 6.58 Å². The Labute approximate surface area is 142 Å². The Morgan fingerprint density at radius 2 is 2.00 bits per heavy atom. The van der Waals surface area contributed by atoms with Crippen LogP contribution in [0.25, 0.3) is 16.7 Å². The van der Waals surface area contributed by atoms with Gasteiger partial charge in [-0.3, -0.25) is 0 Å². The molecule has 122 valence electrons. The van der Waals surface area contributed by atoms with Crippen LogP contribution in [0.5, 0.6) is 0 Å². The van der Waals surface area contributed by atoms with Crippen LogP contribution in [0, 0.1) is 5.82 Å². The molecule has 3 heteroatoms. The number of hydrogen-bond acceptors (Lipinski definition) is 2. The molecule has 23 heavy (non-hydrogen) atoms. The number of hydrogen-bond donors (Lipinski definition) is 0. The average Bonchev–Trinajstić information content (AvgIpc) is 3.06. The summed E-state index contributed by atoms with van der Waals surface area (Å²) >= 11 is 1.39. The molecule has 1 aromatic carbocycles. The fourth-order valence-corrected chi connectivity index (χ4v) is 2.58. The second kappa shape index (κ2) is 9.90. The molecule has 0 radical (unpaired) electrons. The Kier molecular flexibility index (Phi) is 8.20. The molecular weight excluding hydrogens is 307 g/mol. The first-order valence-electron chi connectivity index (χ1n) is 7.57. The Hall–Kier alpha value is -2.00. The summed E-state index contributed by atoms with van der Waals surface area (Å²) < 4.78 is 19.3. The van der Waals surface area contributed by atoms with Crippen molar-refractivity contribution in [3.05, 3.63) is 73.0 Å². The highest BCUT2D eigenvalue weighted by Gasteiger charge is 2.12. The zero-order valence-corrected chi connectivity index (χ0v) is 14.9. The Bertz CT molecular complexity index is 695. The van der Waals surface area contributed by atoms with Gasteiger partial charge in [0.25, 0.3) is 0 Å². The molecule has 0 aliphatic rings. The van der Waals surface area contributed by atoms with Gasteiger partial charge in [-0.1, -0.05) is 50.8 Å². The van der Waals surface area contributed by atoms with Crippen molar-refractivity contribution in [2.75, 3.05) is 6.26 Å². The highest BCUT2D eigenvalue weighted by molar-refractivity contribution is 7.98. The maximum Gasteiger partial charge on any atom is 0.137 e. The Morgan fingerprint density at radius 3 is 2.57 bits per heavy atom. The summed E-state index contributed by atoms with van der Waals surface area (Å²) in [5, 5.41) is 0. The predicted octanol–water partition coefficient (Wildman–Crippen LogP) is 6.98. The molecule has 0 fully saturated rings. The quantitative estimate of drug-likeness (QED) is 0.433. The van der Waals surface area contributed by atoms with Crippen molar-refractivity contribution >= 4 is 17.3 Å². The minimum atomic E-state index is -0.215. The molecule has 2 aromatic rings. The summed E-state index contributed by atoms with van der Waals surface area (Å²) in [5.41, 5.74) is 3.57. The Balaban J connectivity index is 0.00000127. The van der Waals surface area contributed by atoms with Gasteiger partial charge in [0.2, 0.25) is 0 Å². The van der Waals surface area contributed by atoms with Gasteiger partial charge < -0.3 is 4.42 Å². The summed E-state index contributed by atoms with van der Waals surface area (Å²) in [4.78, 5) is 0.638. The lowest BCUT2D eigenvalue weighted by Crippen LogP contribution is -1.86. The topological polar surface area (TPSA) is 13.1 Å². The third-order valence-corrected chi connectivity index (χ3v) is 3.85. The second-order valence-corrected chi connectivity index (χ2v) is 5.25. The molecule has 0 amide bonds. The number of halogens is 1. The normalized spacial score (nSPS) is 11.3. The van der Waals surface area contributed by atoms with Gasteiger partial charge >= 0.3 is 0 Å². The lowest BCUT2D eigenvalue weighted by Gasteiger charge is -2.06. The van der Waals surface area contributed by atoms with E-state index in [1.54, 1.807) is 30.7 Å². The summed E-state index contributed by atoms with van der Waals surface area (Å²) in [7, 11) is 0. The monoisotopic (exact) mass is 330 g/mol. The van der Waals surface area contributed by atoms with E-state index in [9.17, 15) is 4.39 Å². The lowest BCUT2D eigenvalue weighted by atomic mass is 9.98. The highest BCUT2D eigenvalue weighted by atomic mass is 32.2. The molecule has 0 unspecified atom stereocenters. The van der Waals surface area contributed by atoms with E-state index in [0.717, 1.165) is 22.3 Å². The van der Waals surface area contributed by atoms with Crippen LogP contribution < -0.4 is 0 Å². The van der Waals surface area contributed by atoms with Crippen LogP contribution in [-0.4, -0.2) is 6.26 Å². The lowest BCUT2D eigenvalue weighted by molar-refractivity contribution is 0.567. The molecule has 1 heterocycles. The SMILES string of the molecule is C=C/C=C(\C=C/C)c1cocc1-c1ccc(SC)c(F)c1.CC. The number of rotatable bonds is 5. The van der Waals surface area contributed by atoms with Crippen molar-refractivity contribution in [1.82, 2.24) is 0 Å². The molecule has 0 spiro atoms. The maximum absolute atomic E-state index is 14.0. The average molecular weight is 330 g/mol. The molecule has 2 rings (SSSR count). The minimum absolute atomic E-state index is 0.215. The van der Waals surface area contributed by atoms with Gasteiger partial charge in [-0.15, -0.1) is 11.8 Å². The molecule has 1 aromatic heterocycles. The van der Waals surface area contributed by atoms with Crippen molar-refractivity contribution in [2.24, 2.45) is 0 Å². The van der Waals surface area contributed by atoms with E-state index in [4.69, 9.17) is 4.42 Å². The fraction of sp³-hybridized carbons (Fsp3) is 0.200. The molecule has 0 aliphatic carbocycles. The molecule has 0 N–H and O–H groups in total. The number of furan rings is 1. The van der Waals surface area contributed by atoms with Crippen molar-refractivity contribution in [3.63, 3.8) is 0 Å². The molecule has 1 nitrogen and oxygen atoms in total. The summed E-state index contributed by atoms with van der Waals surface area (Å²) in [6.45, 7) is 9.68. The van der Waals surface area contributed by atoms with Crippen LogP contribution in [-0.2, 0) is 0 Å². The first-order chi connectivity index (χ1) is 11.2. The highest BCUT2D eigenvalue weighted by Crippen LogP contribution is 2.33. The second-order valence-electron chi connectivity index (χ2n) is 4.41. The van der Waals surface area contributed by atoms with Crippen molar-refractivity contribution in [1.29, 1.82) is 0 Å². The van der Waals surface area contributed by atoms with Crippen LogP contribution in [0.1, 0.15) is 26.3 Å². The predicted molar refractivity (Wildman–Crippen MR) is 100 cm³/mol. The number of thioether (sulfide) groups is 1. The third-order valence-electron chi connectivity index (χ3n) is 3.08. The van der Waals surface area contributed by atoms with Gasteiger partial charge in [0.05, 0.1) is 12.5 Å². The van der Waals surface area contributed by atoms with Gasteiger partial charge in [0.1, 0.15) is 5.82 Å². The fourth-order valence-electron chi connectivity index (χ4n) is 2.12. The first kappa shape index (κ1) is 19.0. The smallest absolute Gasteiger partial charge is 0.137 e. The summed E-state index contributed by atoms with van der Waals surface area (Å²) in [6, 6.07) is 5.24. The maximum atomic E-state index is 14.0. The zero-order valence-electron chi connectivity index (χ0n) is 14.1. The number of benzene rings is 1. The van der Waals surface area contributed by atoms with Crippen LogP contribution >= 0.6 is 11.8 Å². The van der Waals surface area contributed by atoms with Gasteiger partial charge in [-0.2, -0.15) is 0 Å². The van der Waals surface area contributed by atoms with E-state index in [1.165, 1.54) is 11.8 Å². The molecule has 0 aliphatic heterocycles. The zero-order chi connectivity index (χ0) is 17.2. The van der Waals surface area contributed by atoms with E-state index in [0.29, 0.717) is 4.90 Å².